The minimum Gasteiger partial charge on any atom is -0.464 e. The monoisotopic (exact) mass is 320 g/mol. The third kappa shape index (κ3) is 2.74. The molecule has 0 aliphatic heterocycles. The lowest BCUT2D eigenvalue weighted by atomic mass is 10.1. The van der Waals surface area contributed by atoms with Crippen LogP contribution < -0.4 is 0 Å². The quantitative estimate of drug-likeness (QED) is 0.559. The third-order valence-corrected chi connectivity index (χ3v) is 3.77. The zero-order valence-corrected chi connectivity index (χ0v) is 13.2. The van der Waals surface area contributed by atoms with E-state index in [9.17, 15) is 0 Å². The molecule has 0 amide bonds. The highest BCUT2D eigenvalue weighted by Gasteiger charge is 2.11. The van der Waals surface area contributed by atoms with Gasteiger partial charge in [0, 0.05) is 29.9 Å². The molecule has 3 aromatic heterocycles. The van der Waals surface area contributed by atoms with Crippen LogP contribution in [0.1, 0.15) is 18.6 Å². The van der Waals surface area contributed by atoms with E-state index < -0.39 is 0 Å². The van der Waals surface area contributed by atoms with Crippen molar-refractivity contribution in [2.24, 2.45) is 0 Å². The van der Waals surface area contributed by atoms with Crippen molar-refractivity contribution in [3.8, 4) is 22.7 Å². The van der Waals surface area contributed by atoms with E-state index >= 15 is 0 Å². The van der Waals surface area contributed by atoms with Crippen LogP contribution in [0.5, 0.6) is 0 Å². The summed E-state index contributed by atoms with van der Waals surface area (Å²) in [5, 5.41) is 4.01. The lowest BCUT2D eigenvalue weighted by Crippen LogP contribution is -2.03. The molecule has 0 N–H and O–H groups in total. The van der Waals surface area contributed by atoms with Gasteiger partial charge in [-0.15, -0.1) is 0 Å². The van der Waals surface area contributed by atoms with E-state index in [4.69, 9.17) is 8.94 Å². The molecule has 1 aromatic carbocycles. The summed E-state index contributed by atoms with van der Waals surface area (Å²) in [5.74, 6) is 2.98. The van der Waals surface area contributed by atoms with Crippen molar-refractivity contribution in [2.75, 3.05) is 0 Å². The molecular weight excluding hydrogens is 304 g/mol. The number of hydrogen-bond donors (Lipinski definition) is 0. The maximum atomic E-state index is 5.47. The first-order chi connectivity index (χ1) is 11.8. The Morgan fingerprint density at radius 1 is 1.12 bits per heavy atom. The second kappa shape index (κ2) is 6.16. The standard InChI is InChI=1S/C18H16N4O2/c1-2-17-20-16(21-24-17)12-22-9-8-19-18(22)14-6-3-5-13(11-14)15-7-4-10-23-15/h3-11H,2,12H2,1H3. The molecule has 0 radical (unpaired) electrons. The topological polar surface area (TPSA) is 69.9 Å². The summed E-state index contributed by atoms with van der Waals surface area (Å²) < 4.78 is 12.6. The van der Waals surface area contributed by atoms with Crippen LogP contribution in [0.15, 0.2) is 64.0 Å². The lowest BCUT2D eigenvalue weighted by molar-refractivity contribution is 0.375. The Labute approximate surface area is 138 Å². The SMILES string of the molecule is CCc1nc(Cn2ccnc2-c2cccc(-c3ccco3)c2)no1. The van der Waals surface area contributed by atoms with E-state index in [1.165, 1.54) is 0 Å². The lowest BCUT2D eigenvalue weighted by Gasteiger charge is -2.06. The smallest absolute Gasteiger partial charge is 0.226 e. The molecule has 4 aromatic rings. The molecule has 0 unspecified atom stereocenters. The van der Waals surface area contributed by atoms with Crippen molar-refractivity contribution in [3.05, 3.63) is 66.8 Å². The van der Waals surface area contributed by atoms with Crippen molar-refractivity contribution >= 4 is 0 Å². The maximum Gasteiger partial charge on any atom is 0.226 e. The van der Waals surface area contributed by atoms with E-state index in [0.29, 0.717) is 18.3 Å². The van der Waals surface area contributed by atoms with Gasteiger partial charge in [0.25, 0.3) is 0 Å². The van der Waals surface area contributed by atoms with Gasteiger partial charge in [-0.3, -0.25) is 0 Å². The minimum absolute atomic E-state index is 0.518. The van der Waals surface area contributed by atoms with Gasteiger partial charge in [-0.05, 0) is 18.2 Å². The van der Waals surface area contributed by atoms with Crippen LogP contribution >= 0.6 is 0 Å². The first-order valence-electron chi connectivity index (χ1n) is 7.80. The maximum absolute atomic E-state index is 5.47. The largest absolute Gasteiger partial charge is 0.464 e. The molecule has 0 saturated carbocycles. The molecule has 0 saturated heterocycles. The predicted octanol–water partition coefficient (Wildman–Crippen LogP) is 3.80. The van der Waals surface area contributed by atoms with E-state index in [1.54, 1.807) is 12.5 Å². The summed E-state index contributed by atoms with van der Waals surface area (Å²) in [5.41, 5.74) is 2.02. The van der Waals surface area contributed by atoms with Crippen LogP contribution in [-0.2, 0) is 13.0 Å². The molecule has 3 heterocycles. The van der Waals surface area contributed by atoms with Gasteiger partial charge < -0.3 is 13.5 Å². The van der Waals surface area contributed by atoms with Gasteiger partial charge in [0.05, 0.1) is 12.8 Å². The normalized spacial score (nSPS) is 11.0. The van der Waals surface area contributed by atoms with E-state index in [2.05, 4.69) is 21.2 Å². The molecule has 120 valence electrons. The highest BCUT2D eigenvalue weighted by atomic mass is 16.5. The van der Waals surface area contributed by atoms with Gasteiger partial charge >= 0.3 is 0 Å². The Morgan fingerprint density at radius 3 is 2.83 bits per heavy atom. The summed E-state index contributed by atoms with van der Waals surface area (Å²) in [6.45, 7) is 2.50. The molecule has 0 aliphatic carbocycles. The Morgan fingerprint density at radius 2 is 2.04 bits per heavy atom. The fourth-order valence-electron chi connectivity index (χ4n) is 2.60. The average Bonchev–Trinajstić information content (AvgIpc) is 3.37. The molecule has 0 bridgehead atoms. The summed E-state index contributed by atoms with van der Waals surface area (Å²) in [4.78, 5) is 8.83. The van der Waals surface area contributed by atoms with Gasteiger partial charge in [-0.25, -0.2) is 4.98 Å². The Kier molecular flexibility index (Phi) is 3.70. The number of nitrogens with zero attached hydrogens (tertiary/aromatic N) is 4. The van der Waals surface area contributed by atoms with Gasteiger partial charge in [-0.2, -0.15) is 4.98 Å². The second-order valence-corrected chi connectivity index (χ2v) is 5.39. The molecule has 24 heavy (non-hydrogen) atoms. The minimum atomic E-state index is 0.518. The zero-order chi connectivity index (χ0) is 16.4. The zero-order valence-electron chi connectivity index (χ0n) is 13.2. The summed E-state index contributed by atoms with van der Waals surface area (Å²) in [7, 11) is 0. The Balaban J connectivity index is 1.66. The van der Waals surface area contributed by atoms with Gasteiger partial charge in [0.2, 0.25) is 5.89 Å². The van der Waals surface area contributed by atoms with Crippen molar-refractivity contribution in [3.63, 3.8) is 0 Å². The molecule has 4 rings (SSSR count). The number of hydrogen-bond acceptors (Lipinski definition) is 5. The van der Waals surface area contributed by atoms with Crippen LogP contribution in [-0.4, -0.2) is 19.7 Å². The summed E-state index contributed by atoms with van der Waals surface area (Å²) in [6, 6.07) is 11.9. The van der Waals surface area contributed by atoms with Crippen LogP contribution in [0.2, 0.25) is 0 Å². The molecule has 0 fully saturated rings. The number of furan rings is 1. The van der Waals surface area contributed by atoms with Crippen LogP contribution in [0.4, 0.5) is 0 Å². The van der Waals surface area contributed by atoms with Gasteiger partial charge in [0.15, 0.2) is 5.82 Å². The third-order valence-electron chi connectivity index (χ3n) is 3.77. The number of benzene rings is 1. The van der Waals surface area contributed by atoms with Crippen molar-refractivity contribution in [1.82, 2.24) is 19.7 Å². The molecule has 6 nitrogen and oxygen atoms in total. The fraction of sp³-hybridized carbons (Fsp3) is 0.167. The van der Waals surface area contributed by atoms with Crippen molar-refractivity contribution in [2.45, 2.75) is 19.9 Å². The highest BCUT2D eigenvalue weighted by molar-refractivity contribution is 5.67. The van der Waals surface area contributed by atoms with E-state index in [0.717, 1.165) is 29.1 Å². The number of rotatable bonds is 5. The van der Waals surface area contributed by atoms with Gasteiger partial charge in [-0.1, -0.05) is 30.3 Å². The highest BCUT2D eigenvalue weighted by Crippen LogP contribution is 2.26. The summed E-state index contributed by atoms with van der Waals surface area (Å²) in [6.07, 6.45) is 6.09. The van der Waals surface area contributed by atoms with E-state index in [1.807, 2.05) is 48.0 Å². The number of aromatic nitrogens is 4. The fourth-order valence-corrected chi connectivity index (χ4v) is 2.60. The molecule has 6 heteroatoms. The number of aryl methyl sites for hydroxylation is 1. The van der Waals surface area contributed by atoms with Crippen LogP contribution in [0, 0.1) is 0 Å². The molecule has 0 aliphatic rings. The number of imidazole rings is 1. The first kappa shape index (κ1) is 14.4. The second-order valence-electron chi connectivity index (χ2n) is 5.39. The van der Waals surface area contributed by atoms with Crippen LogP contribution in [0.25, 0.3) is 22.7 Å². The Hall–Kier alpha value is -3.15. The predicted molar refractivity (Wildman–Crippen MR) is 88.1 cm³/mol. The van der Waals surface area contributed by atoms with Crippen molar-refractivity contribution in [1.29, 1.82) is 0 Å². The van der Waals surface area contributed by atoms with Crippen LogP contribution in [0.3, 0.4) is 0 Å². The molecule has 0 spiro atoms. The van der Waals surface area contributed by atoms with Gasteiger partial charge in [0.1, 0.15) is 11.6 Å². The van der Waals surface area contributed by atoms with E-state index in [-0.39, 0.29) is 0 Å². The Bertz CT molecular complexity index is 938. The first-order valence-corrected chi connectivity index (χ1v) is 7.80. The summed E-state index contributed by atoms with van der Waals surface area (Å²) >= 11 is 0. The molecular formula is C18H16N4O2. The average molecular weight is 320 g/mol. The van der Waals surface area contributed by atoms with Crippen molar-refractivity contribution < 1.29 is 8.94 Å². The molecule has 0 atom stereocenters.